The van der Waals surface area contributed by atoms with Crippen LogP contribution >= 0.6 is 0 Å². The number of hydrogen-bond donors (Lipinski definition) is 4. The van der Waals surface area contributed by atoms with Gasteiger partial charge in [0, 0.05) is 24.5 Å². The van der Waals surface area contributed by atoms with Crippen molar-refractivity contribution in [1.82, 2.24) is 30.2 Å². The van der Waals surface area contributed by atoms with E-state index >= 15 is 0 Å². The van der Waals surface area contributed by atoms with Crippen molar-refractivity contribution in [2.45, 2.75) is 37.3 Å². The molecule has 0 radical (unpaired) electrons. The van der Waals surface area contributed by atoms with Crippen molar-refractivity contribution in [1.29, 1.82) is 0 Å². The van der Waals surface area contributed by atoms with E-state index in [0.29, 0.717) is 50.1 Å². The Balaban J connectivity index is 1.37. The molecule has 4 N–H and O–H groups in total. The van der Waals surface area contributed by atoms with Crippen molar-refractivity contribution in [2.24, 2.45) is 5.41 Å². The number of aliphatic hydroxyl groups is 2. The number of nitrogens with one attached hydrogen (secondary N) is 2. The standard InChI is InChI=1S/C18H23N7O4/c26-7-17(8-27)5-11(6-17)25-10-21-12-13(19-9-20-14(12)25)24-3-1-18(2-4-24)15(28)22-16(29)23-18/h9-11,26-27H,1-8H2,(H2,22,23,28,29). The van der Waals surface area contributed by atoms with Crippen molar-refractivity contribution in [3.63, 3.8) is 0 Å². The first-order chi connectivity index (χ1) is 14.0. The fourth-order valence-electron chi connectivity index (χ4n) is 4.76. The highest BCUT2D eigenvalue weighted by Crippen LogP contribution is 2.48. The van der Waals surface area contributed by atoms with E-state index in [4.69, 9.17) is 0 Å². The summed E-state index contributed by atoms with van der Waals surface area (Å²) < 4.78 is 1.99. The number of urea groups is 1. The zero-order valence-corrected chi connectivity index (χ0v) is 15.8. The Kier molecular flexibility index (Phi) is 4.00. The Hall–Kier alpha value is -2.79. The van der Waals surface area contributed by atoms with Crippen LogP contribution in [0.5, 0.6) is 0 Å². The molecule has 1 saturated carbocycles. The summed E-state index contributed by atoms with van der Waals surface area (Å²) in [6, 6.07) is -0.307. The van der Waals surface area contributed by atoms with Gasteiger partial charge in [0.05, 0.1) is 19.5 Å². The lowest BCUT2D eigenvalue weighted by molar-refractivity contribution is -0.124. The number of carbonyl (C=O) groups excluding carboxylic acids is 2. The maximum atomic E-state index is 12.1. The zero-order chi connectivity index (χ0) is 20.2. The molecule has 0 atom stereocenters. The van der Waals surface area contributed by atoms with Gasteiger partial charge in [-0.15, -0.1) is 0 Å². The van der Waals surface area contributed by atoms with E-state index in [-0.39, 0.29) is 25.2 Å². The Morgan fingerprint density at radius 2 is 1.83 bits per heavy atom. The lowest BCUT2D eigenvalue weighted by Gasteiger charge is -2.45. The smallest absolute Gasteiger partial charge is 0.322 e. The summed E-state index contributed by atoms with van der Waals surface area (Å²) in [6.07, 6.45) is 5.58. The van der Waals surface area contributed by atoms with Crippen LogP contribution in [0.25, 0.3) is 11.2 Å². The molecule has 11 heteroatoms. The molecule has 2 saturated heterocycles. The second kappa shape index (κ2) is 6.36. The van der Waals surface area contributed by atoms with Gasteiger partial charge in [-0.1, -0.05) is 0 Å². The Bertz CT molecular complexity index is 970. The highest BCUT2D eigenvalue weighted by molar-refractivity contribution is 6.07. The topological polar surface area (TPSA) is 146 Å². The van der Waals surface area contributed by atoms with Crippen LogP contribution in [-0.2, 0) is 4.79 Å². The van der Waals surface area contributed by atoms with E-state index in [1.807, 2.05) is 4.57 Å². The number of rotatable bonds is 4. The van der Waals surface area contributed by atoms with Gasteiger partial charge >= 0.3 is 6.03 Å². The summed E-state index contributed by atoms with van der Waals surface area (Å²) in [5, 5.41) is 24.1. The first-order valence-electron chi connectivity index (χ1n) is 9.77. The molecule has 3 amide bonds. The molecule has 3 fully saturated rings. The van der Waals surface area contributed by atoms with E-state index in [1.165, 1.54) is 6.33 Å². The highest BCUT2D eigenvalue weighted by Gasteiger charge is 2.48. The number of amides is 3. The number of hydrogen-bond acceptors (Lipinski definition) is 8. The number of aromatic nitrogens is 4. The minimum absolute atomic E-state index is 0.0352. The number of imidazole rings is 1. The monoisotopic (exact) mass is 401 g/mol. The van der Waals surface area contributed by atoms with Crippen LogP contribution < -0.4 is 15.5 Å². The van der Waals surface area contributed by atoms with Gasteiger partial charge in [0.15, 0.2) is 17.0 Å². The SMILES string of the molecule is O=C1NC(=O)C2(CCN(c3ncnc4c3ncn4C3CC(CO)(CO)C3)CC2)N1. The predicted molar refractivity (Wildman–Crippen MR) is 101 cm³/mol. The second-order valence-corrected chi connectivity index (χ2v) is 8.38. The fourth-order valence-corrected chi connectivity index (χ4v) is 4.76. The Morgan fingerprint density at radius 3 is 2.45 bits per heavy atom. The third kappa shape index (κ3) is 2.68. The lowest BCUT2D eigenvalue weighted by atomic mass is 9.66. The molecule has 1 aliphatic carbocycles. The second-order valence-electron chi connectivity index (χ2n) is 8.38. The summed E-state index contributed by atoms with van der Waals surface area (Å²) in [7, 11) is 0. The number of aliphatic hydroxyl groups excluding tert-OH is 2. The summed E-state index contributed by atoms with van der Waals surface area (Å²) in [4.78, 5) is 39.1. The maximum absolute atomic E-state index is 12.1. The number of anilines is 1. The third-order valence-electron chi connectivity index (χ3n) is 6.67. The van der Waals surface area contributed by atoms with Gasteiger partial charge in [-0.05, 0) is 25.7 Å². The molecule has 3 aliphatic rings. The van der Waals surface area contributed by atoms with Gasteiger partial charge in [0.1, 0.15) is 11.9 Å². The number of piperidine rings is 1. The number of fused-ring (bicyclic) bond motifs is 1. The fraction of sp³-hybridized carbons (Fsp3) is 0.611. The predicted octanol–water partition coefficient (Wildman–Crippen LogP) is -0.689. The van der Waals surface area contributed by atoms with E-state index in [1.54, 1.807) is 6.33 Å². The molecule has 154 valence electrons. The van der Waals surface area contributed by atoms with Crippen LogP contribution in [0.1, 0.15) is 31.7 Å². The third-order valence-corrected chi connectivity index (χ3v) is 6.67. The van der Waals surface area contributed by atoms with Gasteiger partial charge in [0.2, 0.25) is 0 Å². The van der Waals surface area contributed by atoms with Gasteiger partial charge in [-0.2, -0.15) is 0 Å². The van der Waals surface area contributed by atoms with Crippen LogP contribution in [0.3, 0.4) is 0 Å². The van der Waals surface area contributed by atoms with Crippen LogP contribution in [0.4, 0.5) is 10.6 Å². The molecular weight excluding hydrogens is 378 g/mol. The first kappa shape index (κ1) is 18.3. The van der Waals surface area contributed by atoms with Gasteiger partial charge in [-0.25, -0.2) is 19.7 Å². The van der Waals surface area contributed by atoms with E-state index in [2.05, 4.69) is 30.5 Å². The minimum Gasteiger partial charge on any atom is -0.396 e. The van der Waals surface area contributed by atoms with E-state index in [0.717, 1.165) is 5.65 Å². The average Bonchev–Trinajstić information content (AvgIpc) is 3.23. The van der Waals surface area contributed by atoms with Crippen molar-refractivity contribution >= 4 is 28.9 Å². The normalized spacial score (nSPS) is 23.3. The maximum Gasteiger partial charge on any atom is 0.322 e. The zero-order valence-electron chi connectivity index (χ0n) is 15.8. The van der Waals surface area contributed by atoms with Crippen LogP contribution in [-0.4, -0.2) is 73.5 Å². The van der Waals surface area contributed by atoms with Crippen LogP contribution in [0, 0.1) is 5.41 Å². The summed E-state index contributed by atoms with van der Waals surface area (Å²) in [6.45, 7) is 1.06. The molecule has 0 bridgehead atoms. The molecule has 1 spiro atoms. The molecule has 0 aromatic carbocycles. The number of nitrogens with zero attached hydrogens (tertiary/aromatic N) is 5. The van der Waals surface area contributed by atoms with E-state index < -0.39 is 17.0 Å². The molecule has 4 heterocycles. The van der Waals surface area contributed by atoms with Crippen LogP contribution in [0.2, 0.25) is 0 Å². The van der Waals surface area contributed by atoms with Crippen molar-refractivity contribution < 1.29 is 19.8 Å². The summed E-state index contributed by atoms with van der Waals surface area (Å²) >= 11 is 0. The summed E-state index contributed by atoms with van der Waals surface area (Å²) in [5.41, 5.74) is 0.151. The molecule has 2 aliphatic heterocycles. The minimum atomic E-state index is -0.830. The molecule has 11 nitrogen and oxygen atoms in total. The van der Waals surface area contributed by atoms with Crippen molar-refractivity contribution in [3.8, 4) is 0 Å². The average molecular weight is 401 g/mol. The Labute approximate surface area is 166 Å². The quantitative estimate of drug-likeness (QED) is 0.493. The summed E-state index contributed by atoms with van der Waals surface area (Å²) in [5.74, 6) is 0.448. The van der Waals surface area contributed by atoms with E-state index in [9.17, 15) is 19.8 Å². The molecule has 5 rings (SSSR count). The molecule has 2 aromatic rings. The molecule has 0 unspecified atom stereocenters. The Morgan fingerprint density at radius 1 is 1.10 bits per heavy atom. The van der Waals surface area contributed by atoms with Crippen molar-refractivity contribution in [3.05, 3.63) is 12.7 Å². The molecular formula is C18H23N7O4. The first-order valence-corrected chi connectivity index (χ1v) is 9.77. The van der Waals surface area contributed by atoms with Crippen molar-refractivity contribution in [2.75, 3.05) is 31.2 Å². The molecule has 29 heavy (non-hydrogen) atoms. The number of carbonyl (C=O) groups is 2. The highest BCUT2D eigenvalue weighted by atomic mass is 16.3. The molecule has 2 aromatic heterocycles. The van der Waals surface area contributed by atoms with Crippen LogP contribution in [0.15, 0.2) is 12.7 Å². The van der Waals surface area contributed by atoms with Gasteiger partial charge < -0.3 is 25.0 Å². The largest absolute Gasteiger partial charge is 0.396 e. The number of imide groups is 1. The van der Waals surface area contributed by atoms with Gasteiger partial charge in [0.25, 0.3) is 5.91 Å². The van der Waals surface area contributed by atoms with Gasteiger partial charge in [-0.3, -0.25) is 10.1 Å². The lowest BCUT2D eigenvalue weighted by Crippen LogP contribution is -2.55.